The van der Waals surface area contributed by atoms with Crippen molar-refractivity contribution >= 4 is 34.4 Å². The van der Waals surface area contributed by atoms with Crippen molar-refractivity contribution < 1.29 is 0 Å². The maximum Gasteiger partial charge on any atom is 0.171 e. The van der Waals surface area contributed by atoms with Crippen LogP contribution in [-0.2, 0) is 6.54 Å². The van der Waals surface area contributed by atoms with Gasteiger partial charge in [0.25, 0.3) is 0 Å². The zero-order chi connectivity index (χ0) is 16.6. The Balaban J connectivity index is 1.51. The fourth-order valence-corrected chi connectivity index (χ4v) is 2.38. The number of thiocarbonyl (C=S) groups is 1. The third kappa shape index (κ3) is 4.79. The van der Waals surface area contributed by atoms with Crippen LogP contribution in [0.2, 0.25) is 0 Å². The smallest absolute Gasteiger partial charge is 0.171 e. The van der Waals surface area contributed by atoms with Gasteiger partial charge in [0.2, 0.25) is 0 Å². The number of rotatable bonds is 5. The molecule has 0 bridgehead atoms. The lowest BCUT2D eigenvalue weighted by molar-refractivity contribution is 0.916. The van der Waals surface area contributed by atoms with Gasteiger partial charge in [-0.1, -0.05) is 24.3 Å². The van der Waals surface area contributed by atoms with E-state index in [1.165, 1.54) is 0 Å². The number of pyridine rings is 1. The van der Waals surface area contributed by atoms with Crippen LogP contribution in [0.25, 0.3) is 0 Å². The Bertz CT molecular complexity index is 773. The van der Waals surface area contributed by atoms with E-state index < -0.39 is 0 Å². The summed E-state index contributed by atoms with van der Waals surface area (Å²) in [5.74, 6) is 0. The second-order valence-corrected chi connectivity index (χ2v) is 5.65. The van der Waals surface area contributed by atoms with Crippen molar-refractivity contribution in [3.05, 3.63) is 84.7 Å². The van der Waals surface area contributed by atoms with Crippen molar-refractivity contribution in [2.45, 2.75) is 6.54 Å². The molecule has 120 valence electrons. The molecule has 0 aliphatic heterocycles. The highest BCUT2D eigenvalue weighted by Crippen LogP contribution is 2.18. The molecule has 0 spiro atoms. The molecule has 3 N–H and O–H groups in total. The Hall–Kier alpha value is -2.92. The highest BCUT2D eigenvalue weighted by Gasteiger charge is 1.99. The van der Waals surface area contributed by atoms with Gasteiger partial charge in [-0.05, 0) is 60.2 Å². The normalized spacial score (nSPS) is 10.0. The Morgan fingerprint density at radius 3 is 2.25 bits per heavy atom. The predicted octanol–water partition coefficient (Wildman–Crippen LogP) is 4.31. The number of para-hydroxylation sites is 1. The summed E-state index contributed by atoms with van der Waals surface area (Å²) < 4.78 is 0. The molecule has 4 nitrogen and oxygen atoms in total. The Morgan fingerprint density at radius 1 is 0.833 bits per heavy atom. The molecule has 0 atom stereocenters. The molecule has 0 aliphatic rings. The fourth-order valence-electron chi connectivity index (χ4n) is 2.19. The van der Waals surface area contributed by atoms with Gasteiger partial charge in [-0.25, -0.2) is 0 Å². The molecule has 0 saturated heterocycles. The Morgan fingerprint density at radius 2 is 1.54 bits per heavy atom. The van der Waals surface area contributed by atoms with E-state index in [1.807, 2.05) is 72.9 Å². The summed E-state index contributed by atoms with van der Waals surface area (Å²) in [6.45, 7) is 0.646. The molecule has 0 saturated carbocycles. The number of hydrogen-bond donors (Lipinski definition) is 3. The summed E-state index contributed by atoms with van der Waals surface area (Å²) in [5.41, 5.74) is 4.12. The van der Waals surface area contributed by atoms with Crippen LogP contribution >= 0.6 is 12.2 Å². The third-order valence-corrected chi connectivity index (χ3v) is 3.63. The SMILES string of the molecule is S=C(NCc1cccnc1)Nc1ccc(Nc2ccccc2)cc1. The molecular weight excluding hydrogens is 316 g/mol. The molecule has 5 heteroatoms. The minimum atomic E-state index is 0.586. The number of nitrogens with one attached hydrogen (secondary N) is 3. The van der Waals surface area contributed by atoms with Gasteiger partial charge in [0.15, 0.2) is 5.11 Å². The van der Waals surface area contributed by atoms with Crippen LogP contribution < -0.4 is 16.0 Å². The van der Waals surface area contributed by atoms with Crippen molar-refractivity contribution in [3.8, 4) is 0 Å². The van der Waals surface area contributed by atoms with Gasteiger partial charge in [0, 0.05) is 36.0 Å². The number of nitrogens with zero attached hydrogens (tertiary/aromatic N) is 1. The summed E-state index contributed by atoms with van der Waals surface area (Å²) in [5, 5.41) is 10.3. The van der Waals surface area contributed by atoms with Crippen LogP contribution in [0, 0.1) is 0 Å². The molecule has 0 radical (unpaired) electrons. The second kappa shape index (κ2) is 8.08. The molecule has 1 aromatic heterocycles. The summed E-state index contributed by atoms with van der Waals surface area (Å²) in [6, 6.07) is 22.0. The lowest BCUT2D eigenvalue weighted by Crippen LogP contribution is -2.27. The van der Waals surface area contributed by atoms with Gasteiger partial charge in [-0.3, -0.25) is 4.98 Å². The highest BCUT2D eigenvalue weighted by molar-refractivity contribution is 7.80. The highest BCUT2D eigenvalue weighted by atomic mass is 32.1. The molecule has 2 aromatic carbocycles. The van der Waals surface area contributed by atoms with Gasteiger partial charge in [-0.2, -0.15) is 0 Å². The van der Waals surface area contributed by atoms with Crippen molar-refractivity contribution in [2.75, 3.05) is 10.6 Å². The summed E-state index contributed by atoms with van der Waals surface area (Å²) >= 11 is 5.31. The fraction of sp³-hybridized carbons (Fsp3) is 0.0526. The van der Waals surface area contributed by atoms with Crippen LogP contribution in [0.1, 0.15) is 5.56 Å². The maximum atomic E-state index is 5.31. The number of benzene rings is 2. The predicted molar refractivity (Wildman–Crippen MR) is 103 cm³/mol. The van der Waals surface area contributed by atoms with Crippen LogP contribution in [-0.4, -0.2) is 10.1 Å². The van der Waals surface area contributed by atoms with E-state index in [1.54, 1.807) is 6.20 Å². The van der Waals surface area contributed by atoms with E-state index in [9.17, 15) is 0 Å². The number of aromatic nitrogens is 1. The van der Waals surface area contributed by atoms with E-state index in [0.717, 1.165) is 22.6 Å². The molecule has 3 rings (SSSR count). The van der Waals surface area contributed by atoms with E-state index in [2.05, 4.69) is 20.9 Å². The molecule has 24 heavy (non-hydrogen) atoms. The molecule has 0 amide bonds. The first-order valence-electron chi connectivity index (χ1n) is 7.65. The largest absolute Gasteiger partial charge is 0.358 e. The average Bonchev–Trinajstić information content (AvgIpc) is 2.63. The van der Waals surface area contributed by atoms with E-state index >= 15 is 0 Å². The quantitative estimate of drug-likeness (QED) is 0.607. The van der Waals surface area contributed by atoms with Crippen LogP contribution in [0.3, 0.4) is 0 Å². The van der Waals surface area contributed by atoms with E-state index in [0.29, 0.717) is 11.7 Å². The van der Waals surface area contributed by atoms with Gasteiger partial charge in [0.05, 0.1) is 0 Å². The van der Waals surface area contributed by atoms with Gasteiger partial charge in [-0.15, -0.1) is 0 Å². The van der Waals surface area contributed by atoms with Gasteiger partial charge < -0.3 is 16.0 Å². The monoisotopic (exact) mass is 334 g/mol. The van der Waals surface area contributed by atoms with Crippen molar-refractivity contribution in [3.63, 3.8) is 0 Å². The lowest BCUT2D eigenvalue weighted by atomic mass is 10.2. The van der Waals surface area contributed by atoms with Gasteiger partial charge in [0.1, 0.15) is 0 Å². The molecule has 0 fully saturated rings. The van der Waals surface area contributed by atoms with Crippen molar-refractivity contribution in [1.82, 2.24) is 10.3 Å². The molecule has 1 heterocycles. The minimum absolute atomic E-state index is 0.586. The van der Waals surface area contributed by atoms with Crippen LogP contribution in [0.15, 0.2) is 79.1 Å². The van der Waals surface area contributed by atoms with Crippen molar-refractivity contribution in [2.24, 2.45) is 0 Å². The topological polar surface area (TPSA) is 49.0 Å². The molecule has 3 aromatic rings. The van der Waals surface area contributed by atoms with E-state index in [-0.39, 0.29) is 0 Å². The number of anilines is 3. The van der Waals surface area contributed by atoms with Gasteiger partial charge >= 0.3 is 0 Å². The third-order valence-electron chi connectivity index (χ3n) is 3.38. The number of hydrogen-bond acceptors (Lipinski definition) is 3. The zero-order valence-electron chi connectivity index (χ0n) is 13.1. The summed E-state index contributed by atoms with van der Waals surface area (Å²) in [4.78, 5) is 4.08. The average molecular weight is 334 g/mol. The minimum Gasteiger partial charge on any atom is -0.358 e. The van der Waals surface area contributed by atoms with Crippen molar-refractivity contribution in [1.29, 1.82) is 0 Å². The first-order valence-corrected chi connectivity index (χ1v) is 8.06. The molecule has 0 unspecified atom stereocenters. The first kappa shape index (κ1) is 16.0. The Labute approximate surface area is 147 Å². The van der Waals surface area contributed by atoms with Crippen LogP contribution in [0.4, 0.5) is 17.1 Å². The summed E-state index contributed by atoms with van der Waals surface area (Å²) in [6.07, 6.45) is 3.57. The molecular formula is C19H18N4S. The lowest BCUT2D eigenvalue weighted by Gasteiger charge is -2.11. The van der Waals surface area contributed by atoms with Crippen LogP contribution in [0.5, 0.6) is 0 Å². The standard InChI is InChI=1S/C19H18N4S/c24-19(21-14-15-5-4-12-20-13-15)23-18-10-8-17(9-11-18)22-16-6-2-1-3-7-16/h1-13,22H,14H2,(H2,21,23,24). The Kier molecular flexibility index (Phi) is 5.37. The maximum absolute atomic E-state index is 5.31. The van der Waals surface area contributed by atoms with E-state index in [4.69, 9.17) is 12.2 Å². The molecule has 0 aliphatic carbocycles. The second-order valence-electron chi connectivity index (χ2n) is 5.24. The first-order chi connectivity index (χ1) is 11.8. The summed E-state index contributed by atoms with van der Waals surface area (Å²) in [7, 11) is 0. The zero-order valence-corrected chi connectivity index (χ0v) is 13.9.